The van der Waals surface area contributed by atoms with Crippen LogP contribution in [0.15, 0.2) is 241 Å². The molecule has 13 rings (SSSR count). The van der Waals surface area contributed by atoms with Gasteiger partial charge < -0.3 is 9.32 Å². The Hall–Kier alpha value is -8.02. The van der Waals surface area contributed by atoms with Gasteiger partial charge in [-0.3, -0.25) is 0 Å². The number of hydrogen-bond acceptors (Lipinski definition) is 4. The quantitative estimate of drug-likeness (QED) is 0.151. The molecular formula is C62H39NOS2. The highest BCUT2D eigenvalue weighted by atomic mass is 32.1. The molecule has 0 fully saturated rings. The zero-order chi connectivity index (χ0) is 43.6. The van der Waals surface area contributed by atoms with Crippen LogP contribution in [0, 0.1) is 0 Å². The van der Waals surface area contributed by atoms with Gasteiger partial charge in [0, 0.05) is 68.4 Å². The summed E-state index contributed by atoms with van der Waals surface area (Å²) in [7, 11) is 0. The number of benzene rings is 10. The Kier molecular flexibility index (Phi) is 9.26. The molecule has 66 heavy (non-hydrogen) atoms. The molecule has 3 aromatic heterocycles. The third-order valence-electron chi connectivity index (χ3n) is 12.9. The molecule has 0 aliphatic rings. The van der Waals surface area contributed by atoms with Crippen LogP contribution < -0.4 is 4.90 Å². The van der Waals surface area contributed by atoms with E-state index in [4.69, 9.17) is 4.42 Å². The molecule has 4 heteroatoms. The Morgan fingerprint density at radius 3 is 1.08 bits per heavy atom. The lowest BCUT2D eigenvalue weighted by atomic mass is 9.98. The van der Waals surface area contributed by atoms with Crippen LogP contribution in [0.4, 0.5) is 17.1 Å². The van der Waals surface area contributed by atoms with E-state index < -0.39 is 0 Å². The van der Waals surface area contributed by atoms with Gasteiger partial charge in [0.2, 0.25) is 0 Å². The molecule has 0 saturated heterocycles. The van der Waals surface area contributed by atoms with Crippen molar-refractivity contribution in [2.24, 2.45) is 0 Å². The van der Waals surface area contributed by atoms with Crippen LogP contribution in [-0.2, 0) is 0 Å². The average molecular weight is 878 g/mol. The van der Waals surface area contributed by atoms with E-state index in [2.05, 4.69) is 223 Å². The summed E-state index contributed by atoms with van der Waals surface area (Å²) < 4.78 is 11.6. The maximum Gasteiger partial charge on any atom is 0.135 e. The summed E-state index contributed by atoms with van der Waals surface area (Å²) in [5, 5.41) is 6.40. The minimum atomic E-state index is 0.862. The smallest absolute Gasteiger partial charge is 0.135 e. The van der Waals surface area contributed by atoms with Crippen LogP contribution >= 0.6 is 22.7 Å². The van der Waals surface area contributed by atoms with Crippen LogP contribution in [-0.4, -0.2) is 0 Å². The second-order valence-electron chi connectivity index (χ2n) is 16.9. The number of thiophene rings is 2. The van der Waals surface area contributed by atoms with Crippen molar-refractivity contribution >= 4 is 91.0 Å². The van der Waals surface area contributed by atoms with Crippen molar-refractivity contribution < 1.29 is 4.42 Å². The number of fused-ring (bicyclic) bond motifs is 7. The van der Waals surface area contributed by atoms with Crippen LogP contribution in [0.5, 0.6) is 0 Å². The minimum Gasteiger partial charge on any atom is -0.456 e. The summed E-state index contributed by atoms with van der Waals surface area (Å²) in [5.74, 6) is 0.862. The van der Waals surface area contributed by atoms with Crippen molar-refractivity contribution in [3.05, 3.63) is 237 Å². The number of hydrogen-bond donors (Lipinski definition) is 0. The Balaban J connectivity index is 0.800. The summed E-state index contributed by atoms with van der Waals surface area (Å²) in [6, 6.07) is 85.9. The first kappa shape index (κ1) is 38.4. The zero-order valence-electron chi connectivity index (χ0n) is 35.7. The number of furan rings is 1. The summed E-state index contributed by atoms with van der Waals surface area (Å²) in [4.78, 5) is 2.33. The van der Waals surface area contributed by atoms with E-state index in [0.29, 0.717) is 0 Å². The lowest BCUT2D eigenvalue weighted by molar-refractivity contribution is 0.631. The van der Waals surface area contributed by atoms with Crippen LogP contribution in [0.2, 0.25) is 0 Å². The second kappa shape index (κ2) is 15.9. The summed E-state index contributed by atoms with van der Waals surface area (Å²) >= 11 is 3.72. The van der Waals surface area contributed by atoms with Gasteiger partial charge in [0.05, 0.1) is 0 Å². The SMILES string of the molecule is c1ccc2oc(-c3ccc(N(c4ccc(-c5ccc(-c6ccc7sc8ccccc8c7c6)cc5)cc4)c4ccc(-c5ccc(-c6ccc7sc8ccccc8c7c6)cc5)cc4)cc3)cc2c1. The molecule has 0 aliphatic carbocycles. The highest BCUT2D eigenvalue weighted by Crippen LogP contribution is 2.41. The van der Waals surface area contributed by atoms with Gasteiger partial charge in [-0.05, 0) is 142 Å². The van der Waals surface area contributed by atoms with Gasteiger partial charge >= 0.3 is 0 Å². The Labute approximate surface area is 390 Å². The zero-order valence-corrected chi connectivity index (χ0v) is 37.3. The van der Waals surface area contributed by atoms with Crippen LogP contribution in [0.25, 0.3) is 107 Å². The third-order valence-corrected chi connectivity index (χ3v) is 15.2. The van der Waals surface area contributed by atoms with Crippen molar-refractivity contribution in [1.82, 2.24) is 0 Å². The molecule has 0 atom stereocenters. The Morgan fingerprint density at radius 1 is 0.273 bits per heavy atom. The van der Waals surface area contributed by atoms with Crippen LogP contribution in [0.1, 0.15) is 0 Å². The van der Waals surface area contributed by atoms with Gasteiger partial charge in [0.25, 0.3) is 0 Å². The largest absolute Gasteiger partial charge is 0.456 e. The molecule has 0 aliphatic heterocycles. The molecule has 0 unspecified atom stereocenters. The highest BCUT2D eigenvalue weighted by Gasteiger charge is 2.16. The topological polar surface area (TPSA) is 16.4 Å². The second-order valence-corrected chi connectivity index (χ2v) is 19.1. The van der Waals surface area contributed by atoms with Crippen molar-refractivity contribution in [2.45, 2.75) is 0 Å². The van der Waals surface area contributed by atoms with Crippen molar-refractivity contribution in [2.75, 3.05) is 4.90 Å². The van der Waals surface area contributed by atoms with E-state index >= 15 is 0 Å². The fourth-order valence-electron chi connectivity index (χ4n) is 9.47. The average Bonchev–Trinajstić information content (AvgIpc) is 4.11. The van der Waals surface area contributed by atoms with Crippen molar-refractivity contribution in [1.29, 1.82) is 0 Å². The summed E-state index contributed by atoms with van der Waals surface area (Å²) in [5.41, 5.74) is 14.8. The van der Waals surface area contributed by atoms with E-state index in [0.717, 1.165) is 39.4 Å². The summed E-state index contributed by atoms with van der Waals surface area (Å²) in [6.45, 7) is 0. The monoisotopic (exact) mass is 877 g/mol. The molecule has 0 N–H and O–H groups in total. The third kappa shape index (κ3) is 6.87. The first-order chi connectivity index (χ1) is 32.6. The molecule has 0 bridgehead atoms. The molecule has 10 aromatic carbocycles. The van der Waals surface area contributed by atoms with Gasteiger partial charge in [0.1, 0.15) is 11.3 Å². The first-order valence-corrected chi connectivity index (χ1v) is 23.9. The van der Waals surface area contributed by atoms with E-state index in [1.165, 1.54) is 84.9 Å². The molecule has 13 aromatic rings. The first-order valence-electron chi connectivity index (χ1n) is 22.3. The highest BCUT2D eigenvalue weighted by molar-refractivity contribution is 7.26. The molecular weight excluding hydrogens is 839 g/mol. The number of anilines is 3. The lowest BCUT2D eigenvalue weighted by Gasteiger charge is -2.26. The normalized spacial score (nSPS) is 11.6. The fourth-order valence-corrected chi connectivity index (χ4v) is 11.6. The van der Waals surface area contributed by atoms with Gasteiger partial charge in [-0.25, -0.2) is 0 Å². The molecule has 2 nitrogen and oxygen atoms in total. The van der Waals surface area contributed by atoms with E-state index in [-0.39, 0.29) is 0 Å². The standard InChI is InChI=1S/C62H39NOS2/c1-4-10-57-49(7-1)39-58(64-57)46-25-33-52(34-26-46)63(50-29-21-42(22-30-50)40-13-17-44(18-14-40)47-27-35-61-55(37-47)53-8-2-5-11-59(53)65-61)51-31-23-43(24-32-51)41-15-19-45(20-16-41)48-28-36-62-56(38-48)54-9-3-6-12-60(54)66-62/h1-39H. The molecule has 310 valence electrons. The maximum atomic E-state index is 6.24. The number of para-hydroxylation sites is 1. The predicted octanol–water partition coefficient (Wildman–Crippen LogP) is 19.0. The number of nitrogens with zero attached hydrogens (tertiary/aromatic N) is 1. The predicted molar refractivity (Wildman–Crippen MR) is 284 cm³/mol. The fraction of sp³-hybridized carbons (Fsp3) is 0. The van der Waals surface area contributed by atoms with E-state index in [9.17, 15) is 0 Å². The molecule has 0 spiro atoms. The lowest BCUT2D eigenvalue weighted by Crippen LogP contribution is -2.09. The molecule has 0 amide bonds. The van der Waals surface area contributed by atoms with Crippen molar-refractivity contribution in [3.63, 3.8) is 0 Å². The van der Waals surface area contributed by atoms with Gasteiger partial charge in [-0.1, -0.05) is 140 Å². The van der Waals surface area contributed by atoms with Crippen molar-refractivity contribution in [3.8, 4) is 55.8 Å². The van der Waals surface area contributed by atoms with Gasteiger partial charge in [-0.15, -0.1) is 22.7 Å². The Bertz CT molecular complexity index is 3660. The minimum absolute atomic E-state index is 0.862. The molecule has 3 heterocycles. The Morgan fingerprint density at radius 2 is 0.621 bits per heavy atom. The van der Waals surface area contributed by atoms with Gasteiger partial charge in [-0.2, -0.15) is 0 Å². The molecule has 0 saturated carbocycles. The van der Waals surface area contributed by atoms with E-state index in [1.54, 1.807) is 0 Å². The number of rotatable bonds is 8. The van der Waals surface area contributed by atoms with E-state index in [1.807, 2.05) is 40.9 Å². The van der Waals surface area contributed by atoms with Crippen LogP contribution in [0.3, 0.4) is 0 Å². The maximum absolute atomic E-state index is 6.24. The van der Waals surface area contributed by atoms with Gasteiger partial charge in [0.15, 0.2) is 0 Å². The summed E-state index contributed by atoms with van der Waals surface area (Å²) in [6.07, 6.45) is 0. The molecule has 0 radical (unpaired) electrons.